The van der Waals surface area contributed by atoms with Crippen LogP contribution in [0, 0.1) is 13.8 Å². The number of allylic oxidation sites excluding steroid dienone is 2. The second-order valence-electron chi connectivity index (χ2n) is 5.42. The molecule has 0 N–H and O–H groups in total. The number of hydrogen-bond donors (Lipinski definition) is 0. The van der Waals surface area contributed by atoms with Crippen molar-refractivity contribution in [3.8, 4) is 0 Å². The Morgan fingerprint density at radius 1 is 0.857 bits per heavy atom. The van der Waals surface area contributed by atoms with Crippen LogP contribution in [-0.2, 0) is 4.79 Å². The maximum absolute atomic E-state index is 12.5. The molecule has 0 bridgehead atoms. The van der Waals surface area contributed by atoms with Crippen LogP contribution in [0.1, 0.15) is 42.3 Å². The maximum Gasteiger partial charge on any atom is 0.185 e. The Bertz CT molecular complexity index is 665. The Morgan fingerprint density at radius 2 is 1.33 bits per heavy atom. The molecule has 2 heterocycles. The van der Waals surface area contributed by atoms with Gasteiger partial charge in [-0.25, -0.2) is 0 Å². The summed E-state index contributed by atoms with van der Waals surface area (Å²) in [5.74, 6) is 3.29. The highest BCUT2D eigenvalue weighted by Crippen LogP contribution is 2.28. The van der Waals surface area contributed by atoms with E-state index in [2.05, 4.69) is 0 Å². The van der Waals surface area contributed by atoms with E-state index < -0.39 is 0 Å². The van der Waals surface area contributed by atoms with Crippen molar-refractivity contribution in [2.75, 3.05) is 0 Å². The van der Waals surface area contributed by atoms with Crippen LogP contribution in [-0.4, -0.2) is 5.78 Å². The number of carbonyl (C=O) groups excluding carboxylic acids is 1. The zero-order valence-corrected chi connectivity index (χ0v) is 12.3. The Morgan fingerprint density at radius 3 is 1.71 bits per heavy atom. The van der Waals surface area contributed by atoms with E-state index in [0.29, 0.717) is 0 Å². The van der Waals surface area contributed by atoms with E-state index in [-0.39, 0.29) is 5.78 Å². The number of aryl methyl sites for hydroxylation is 2. The van der Waals surface area contributed by atoms with Crippen LogP contribution >= 0.6 is 0 Å². The minimum absolute atomic E-state index is 0.101. The molecule has 108 valence electrons. The van der Waals surface area contributed by atoms with E-state index in [0.717, 1.165) is 53.4 Å². The van der Waals surface area contributed by atoms with Crippen LogP contribution in [0.2, 0.25) is 0 Å². The number of furan rings is 2. The zero-order chi connectivity index (χ0) is 14.8. The van der Waals surface area contributed by atoms with Crippen LogP contribution in [0.4, 0.5) is 0 Å². The predicted octanol–water partition coefficient (Wildman–Crippen LogP) is 4.71. The van der Waals surface area contributed by atoms with Gasteiger partial charge in [-0.1, -0.05) is 0 Å². The molecule has 3 nitrogen and oxygen atoms in total. The molecule has 1 fully saturated rings. The molecule has 0 saturated heterocycles. The molecule has 0 aliphatic heterocycles. The fraction of sp³-hybridized carbons (Fsp3) is 0.278. The summed E-state index contributed by atoms with van der Waals surface area (Å²) in [6.45, 7) is 3.80. The van der Waals surface area contributed by atoms with Crippen molar-refractivity contribution in [1.29, 1.82) is 0 Å². The standard InChI is InChI=1S/C18H18O3/c1-12-6-8-16(20-12)10-14-4-3-5-15(18(14)19)11-17-9-7-13(2)21-17/h6-11H,3-5H2,1-2H3/b14-10-,15-11+. The lowest BCUT2D eigenvalue weighted by Gasteiger charge is -2.15. The van der Waals surface area contributed by atoms with Gasteiger partial charge in [0.1, 0.15) is 23.0 Å². The summed E-state index contributed by atoms with van der Waals surface area (Å²) in [5, 5.41) is 0. The molecule has 0 amide bonds. The lowest BCUT2D eigenvalue weighted by Crippen LogP contribution is -2.12. The highest BCUT2D eigenvalue weighted by Gasteiger charge is 2.21. The third-order valence-corrected chi connectivity index (χ3v) is 3.63. The van der Waals surface area contributed by atoms with Gasteiger partial charge in [0.2, 0.25) is 0 Å². The molecule has 0 spiro atoms. The summed E-state index contributed by atoms with van der Waals surface area (Å²) in [6, 6.07) is 7.59. The molecule has 2 aromatic heterocycles. The first kappa shape index (κ1) is 13.7. The van der Waals surface area contributed by atoms with Crippen molar-refractivity contribution in [3.05, 3.63) is 58.5 Å². The fourth-order valence-electron chi connectivity index (χ4n) is 2.58. The van der Waals surface area contributed by atoms with Crippen LogP contribution in [0.15, 0.2) is 44.2 Å². The molecular formula is C18H18O3. The molecule has 2 aromatic rings. The van der Waals surface area contributed by atoms with Crippen molar-refractivity contribution in [1.82, 2.24) is 0 Å². The van der Waals surface area contributed by atoms with Gasteiger partial charge in [0.15, 0.2) is 5.78 Å². The van der Waals surface area contributed by atoms with Gasteiger partial charge < -0.3 is 8.83 Å². The number of rotatable bonds is 2. The molecule has 21 heavy (non-hydrogen) atoms. The van der Waals surface area contributed by atoms with Crippen LogP contribution in [0.25, 0.3) is 12.2 Å². The van der Waals surface area contributed by atoms with Crippen LogP contribution in [0.5, 0.6) is 0 Å². The van der Waals surface area contributed by atoms with Gasteiger partial charge in [-0.3, -0.25) is 4.79 Å². The molecule has 0 unspecified atom stereocenters. The minimum atomic E-state index is 0.101. The molecule has 1 saturated carbocycles. The second kappa shape index (κ2) is 5.60. The number of ketones is 1. The van der Waals surface area contributed by atoms with Crippen LogP contribution < -0.4 is 0 Å². The van der Waals surface area contributed by atoms with Crippen molar-refractivity contribution >= 4 is 17.9 Å². The van der Waals surface area contributed by atoms with E-state index >= 15 is 0 Å². The van der Waals surface area contributed by atoms with E-state index in [1.165, 1.54) is 0 Å². The number of carbonyl (C=O) groups is 1. The quantitative estimate of drug-likeness (QED) is 0.749. The predicted molar refractivity (Wildman–Crippen MR) is 81.7 cm³/mol. The topological polar surface area (TPSA) is 43.4 Å². The summed E-state index contributed by atoms with van der Waals surface area (Å²) < 4.78 is 11.0. The highest BCUT2D eigenvalue weighted by atomic mass is 16.3. The minimum Gasteiger partial charge on any atom is -0.462 e. The summed E-state index contributed by atoms with van der Waals surface area (Å²) in [6.07, 6.45) is 6.29. The van der Waals surface area contributed by atoms with Gasteiger partial charge in [0.25, 0.3) is 0 Å². The van der Waals surface area contributed by atoms with Gasteiger partial charge in [0.05, 0.1) is 0 Å². The SMILES string of the molecule is Cc1ccc(/C=C2/CCC/C(=C\c3ccc(C)o3)C2=O)o1. The lowest BCUT2D eigenvalue weighted by molar-refractivity contribution is -0.112. The summed E-state index contributed by atoms with van der Waals surface area (Å²) in [5.41, 5.74) is 1.62. The third-order valence-electron chi connectivity index (χ3n) is 3.63. The van der Waals surface area contributed by atoms with Gasteiger partial charge in [-0.15, -0.1) is 0 Å². The van der Waals surface area contributed by atoms with Gasteiger partial charge >= 0.3 is 0 Å². The Balaban J connectivity index is 1.87. The number of Topliss-reactive ketones (excluding diaryl/α,β-unsaturated/α-hetero) is 1. The van der Waals surface area contributed by atoms with Crippen LogP contribution in [0.3, 0.4) is 0 Å². The summed E-state index contributed by atoms with van der Waals surface area (Å²) in [4.78, 5) is 12.5. The summed E-state index contributed by atoms with van der Waals surface area (Å²) >= 11 is 0. The largest absolute Gasteiger partial charge is 0.462 e. The van der Waals surface area contributed by atoms with Crippen molar-refractivity contribution in [2.45, 2.75) is 33.1 Å². The molecule has 0 aromatic carbocycles. The molecular weight excluding hydrogens is 264 g/mol. The van der Waals surface area contributed by atoms with Gasteiger partial charge in [-0.05, 0) is 69.5 Å². The molecule has 0 atom stereocenters. The van der Waals surface area contributed by atoms with E-state index in [4.69, 9.17) is 8.83 Å². The van der Waals surface area contributed by atoms with E-state index in [1.54, 1.807) is 0 Å². The first-order valence-electron chi connectivity index (χ1n) is 7.20. The Labute approximate surface area is 124 Å². The highest BCUT2D eigenvalue weighted by molar-refractivity contribution is 6.13. The van der Waals surface area contributed by atoms with Crippen molar-refractivity contribution < 1.29 is 13.6 Å². The number of hydrogen-bond acceptors (Lipinski definition) is 3. The third kappa shape index (κ3) is 3.07. The Hall–Kier alpha value is -2.29. The monoisotopic (exact) mass is 282 g/mol. The van der Waals surface area contributed by atoms with Crippen molar-refractivity contribution in [3.63, 3.8) is 0 Å². The lowest BCUT2D eigenvalue weighted by atomic mass is 9.88. The second-order valence-corrected chi connectivity index (χ2v) is 5.42. The van der Waals surface area contributed by atoms with E-state index in [9.17, 15) is 4.79 Å². The van der Waals surface area contributed by atoms with E-state index in [1.807, 2.05) is 50.3 Å². The molecule has 1 aliphatic carbocycles. The molecule has 0 radical (unpaired) electrons. The molecule has 3 heteroatoms. The van der Waals surface area contributed by atoms with Gasteiger partial charge in [0, 0.05) is 11.1 Å². The molecule has 3 rings (SSSR count). The zero-order valence-electron chi connectivity index (χ0n) is 12.3. The normalized spacial score (nSPS) is 19.6. The average molecular weight is 282 g/mol. The summed E-state index contributed by atoms with van der Waals surface area (Å²) in [7, 11) is 0. The Kier molecular flexibility index (Phi) is 3.65. The fourth-order valence-corrected chi connectivity index (χ4v) is 2.58. The van der Waals surface area contributed by atoms with Crippen molar-refractivity contribution in [2.24, 2.45) is 0 Å². The van der Waals surface area contributed by atoms with Gasteiger partial charge in [-0.2, -0.15) is 0 Å². The molecule has 1 aliphatic rings. The average Bonchev–Trinajstić information content (AvgIpc) is 3.03. The smallest absolute Gasteiger partial charge is 0.185 e. The first-order valence-corrected chi connectivity index (χ1v) is 7.20. The maximum atomic E-state index is 12.5. The first-order chi connectivity index (χ1) is 10.1.